The van der Waals surface area contributed by atoms with Crippen molar-refractivity contribution >= 4 is 39.1 Å². The molecule has 7 nitrogen and oxygen atoms in total. The largest absolute Gasteiger partial charge is 0.357 e. The second-order valence-electron chi connectivity index (χ2n) is 3.68. The quantitative estimate of drug-likeness (QED) is 0.655. The smallest absolute Gasteiger partial charge is 0.329 e. The summed E-state index contributed by atoms with van der Waals surface area (Å²) in [6.07, 6.45) is 1.10. The summed E-state index contributed by atoms with van der Waals surface area (Å²) in [5.41, 5.74) is 0.176. The lowest BCUT2D eigenvalue weighted by Gasteiger charge is -2.09. The van der Waals surface area contributed by atoms with Crippen LogP contribution in [0.2, 0.25) is 0 Å². The number of nitro groups is 1. The van der Waals surface area contributed by atoms with Gasteiger partial charge in [0, 0.05) is 11.5 Å². The molecule has 1 heterocycles. The molecule has 0 saturated carbocycles. The molecule has 1 aromatic carbocycles. The Morgan fingerprint density at radius 1 is 1.45 bits per heavy atom. The minimum absolute atomic E-state index is 0.0154. The highest BCUT2D eigenvalue weighted by Crippen LogP contribution is 2.30. The number of nitrogens with one attached hydrogen (secondary N) is 2. The molecular weight excluding hydrogens is 333 g/mol. The Balaban J connectivity index is 2.43. The SMILES string of the molecule is CNc1ncc([N+](=O)[O-])c(Nc2ccc(F)cc2Br)n1. The van der Waals surface area contributed by atoms with Crippen molar-refractivity contribution in [2.24, 2.45) is 0 Å². The molecule has 2 N–H and O–H groups in total. The van der Waals surface area contributed by atoms with E-state index in [0.29, 0.717) is 10.2 Å². The number of rotatable bonds is 4. The van der Waals surface area contributed by atoms with E-state index in [4.69, 9.17) is 0 Å². The van der Waals surface area contributed by atoms with Gasteiger partial charge in [-0.15, -0.1) is 0 Å². The summed E-state index contributed by atoms with van der Waals surface area (Å²) in [5.74, 6) is -0.173. The van der Waals surface area contributed by atoms with Gasteiger partial charge in [0.1, 0.15) is 12.0 Å². The average molecular weight is 342 g/mol. The molecule has 2 aromatic rings. The zero-order valence-corrected chi connectivity index (χ0v) is 11.8. The Morgan fingerprint density at radius 2 is 2.20 bits per heavy atom. The van der Waals surface area contributed by atoms with Crippen LogP contribution < -0.4 is 10.6 Å². The molecule has 104 valence electrons. The highest BCUT2D eigenvalue weighted by Gasteiger charge is 2.18. The van der Waals surface area contributed by atoms with Gasteiger partial charge >= 0.3 is 5.69 Å². The van der Waals surface area contributed by atoms with E-state index in [1.807, 2.05) is 0 Å². The van der Waals surface area contributed by atoms with Crippen LogP contribution in [0.15, 0.2) is 28.9 Å². The number of aromatic nitrogens is 2. The van der Waals surface area contributed by atoms with E-state index < -0.39 is 10.7 Å². The predicted molar refractivity (Wildman–Crippen MR) is 75.6 cm³/mol. The van der Waals surface area contributed by atoms with Crippen LogP contribution in [0.4, 0.5) is 27.5 Å². The standard InChI is InChI=1S/C11H9BrFN5O2/c1-14-11-15-5-9(18(19)20)10(17-11)16-8-3-2-6(13)4-7(8)12/h2-5H,1H3,(H2,14,15,16,17). The molecule has 1 aromatic heterocycles. The first-order chi connectivity index (χ1) is 9.51. The molecule has 0 saturated heterocycles. The van der Waals surface area contributed by atoms with Crippen LogP contribution in [0.1, 0.15) is 0 Å². The van der Waals surface area contributed by atoms with Gasteiger partial charge in [-0.2, -0.15) is 4.98 Å². The van der Waals surface area contributed by atoms with Gasteiger partial charge in [-0.25, -0.2) is 9.37 Å². The molecule has 0 aliphatic rings. The molecule has 0 spiro atoms. The molecule has 0 aliphatic carbocycles. The maximum absolute atomic E-state index is 13.0. The fourth-order valence-electron chi connectivity index (χ4n) is 1.44. The van der Waals surface area contributed by atoms with Crippen molar-refractivity contribution in [2.45, 2.75) is 0 Å². The van der Waals surface area contributed by atoms with E-state index in [9.17, 15) is 14.5 Å². The third kappa shape index (κ3) is 2.99. The highest BCUT2D eigenvalue weighted by molar-refractivity contribution is 9.10. The van der Waals surface area contributed by atoms with Crippen LogP contribution in [0.5, 0.6) is 0 Å². The summed E-state index contributed by atoms with van der Waals surface area (Å²) in [5, 5.41) is 16.4. The van der Waals surface area contributed by atoms with Crippen LogP contribution in [0.3, 0.4) is 0 Å². The van der Waals surface area contributed by atoms with Crippen molar-refractivity contribution in [1.29, 1.82) is 0 Å². The molecule has 2 rings (SSSR count). The third-order valence-corrected chi connectivity index (χ3v) is 3.03. The summed E-state index contributed by atoms with van der Waals surface area (Å²) >= 11 is 3.17. The maximum Gasteiger partial charge on any atom is 0.329 e. The first-order valence-corrected chi connectivity index (χ1v) is 6.22. The van der Waals surface area contributed by atoms with E-state index in [-0.39, 0.29) is 17.5 Å². The molecule has 0 aliphatic heterocycles. The molecule has 0 unspecified atom stereocenters. The summed E-state index contributed by atoms with van der Waals surface area (Å²) in [4.78, 5) is 18.1. The minimum atomic E-state index is -0.598. The van der Waals surface area contributed by atoms with Gasteiger partial charge in [0.15, 0.2) is 0 Å². The van der Waals surface area contributed by atoms with Crippen molar-refractivity contribution in [3.63, 3.8) is 0 Å². The first-order valence-electron chi connectivity index (χ1n) is 5.42. The summed E-state index contributed by atoms with van der Waals surface area (Å²) in [7, 11) is 1.60. The molecule has 9 heteroatoms. The fraction of sp³-hybridized carbons (Fsp3) is 0.0909. The third-order valence-electron chi connectivity index (χ3n) is 2.37. The molecule has 0 radical (unpaired) electrons. The highest BCUT2D eigenvalue weighted by atomic mass is 79.9. The summed E-state index contributed by atoms with van der Waals surface area (Å²) in [6, 6.07) is 3.93. The second-order valence-corrected chi connectivity index (χ2v) is 4.54. The number of nitrogens with zero attached hydrogens (tertiary/aromatic N) is 3. The van der Waals surface area contributed by atoms with E-state index in [0.717, 1.165) is 6.20 Å². The van der Waals surface area contributed by atoms with Crippen LogP contribution in [-0.2, 0) is 0 Å². The number of anilines is 3. The zero-order valence-electron chi connectivity index (χ0n) is 10.2. The van der Waals surface area contributed by atoms with Crippen molar-refractivity contribution < 1.29 is 9.31 Å². The fourth-order valence-corrected chi connectivity index (χ4v) is 1.89. The second kappa shape index (κ2) is 5.78. The molecular formula is C11H9BrFN5O2. The molecule has 0 fully saturated rings. The lowest BCUT2D eigenvalue weighted by atomic mass is 10.3. The van der Waals surface area contributed by atoms with Gasteiger partial charge < -0.3 is 10.6 Å². The number of hydrogen-bond acceptors (Lipinski definition) is 6. The molecule has 0 atom stereocenters. The average Bonchev–Trinajstić information content (AvgIpc) is 2.41. The number of hydrogen-bond donors (Lipinski definition) is 2. The number of halogens is 2. The van der Waals surface area contributed by atoms with Crippen LogP contribution in [-0.4, -0.2) is 21.9 Å². The van der Waals surface area contributed by atoms with E-state index in [1.165, 1.54) is 18.2 Å². The predicted octanol–water partition coefficient (Wildman–Crippen LogP) is 3.07. The van der Waals surface area contributed by atoms with Crippen molar-refractivity contribution in [3.8, 4) is 0 Å². The Morgan fingerprint density at radius 3 is 2.80 bits per heavy atom. The van der Waals surface area contributed by atoms with Gasteiger partial charge in [-0.3, -0.25) is 10.1 Å². The first kappa shape index (κ1) is 14.1. The van der Waals surface area contributed by atoms with Crippen molar-refractivity contribution in [3.05, 3.63) is 44.8 Å². The maximum atomic E-state index is 13.0. The molecule has 20 heavy (non-hydrogen) atoms. The summed E-state index contributed by atoms with van der Waals surface area (Å²) < 4.78 is 13.4. The van der Waals surface area contributed by atoms with Crippen molar-refractivity contribution in [2.75, 3.05) is 17.7 Å². The molecule has 0 bridgehead atoms. The zero-order chi connectivity index (χ0) is 14.7. The van der Waals surface area contributed by atoms with Crippen molar-refractivity contribution in [1.82, 2.24) is 9.97 Å². The Hall–Kier alpha value is -2.29. The van der Waals surface area contributed by atoms with Gasteiger partial charge in [0.25, 0.3) is 0 Å². The summed E-state index contributed by atoms with van der Waals surface area (Å²) in [6.45, 7) is 0. The topological polar surface area (TPSA) is 93.0 Å². The van der Waals surface area contributed by atoms with Gasteiger partial charge in [-0.1, -0.05) is 0 Å². The monoisotopic (exact) mass is 341 g/mol. The molecule has 0 amide bonds. The Labute approximate surface area is 121 Å². The van der Waals surface area contributed by atoms with Crippen LogP contribution in [0.25, 0.3) is 0 Å². The van der Waals surface area contributed by atoms with Gasteiger partial charge in [-0.05, 0) is 34.1 Å². The van der Waals surface area contributed by atoms with E-state index >= 15 is 0 Å². The Kier molecular flexibility index (Phi) is 4.08. The normalized spacial score (nSPS) is 10.2. The van der Waals surface area contributed by atoms with Crippen LogP contribution >= 0.6 is 15.9 Å². The van der Waals surface area contributed by atoms with E-state index in [2.05, 4.69) is 36.5 Å². The van der Waals surface area contributed by atoms with Crippen LogP contribution in [0, 0.1) is 15.9 Å². The van der Waals surface area contributed by atoms with E-state index in [1.54, 1.807) is 7.05 Å². The van der Waals surface area contributed by atoms with Gasteiger partial charge in [0.05, 0.1) is 10.6 Å². The lowest BCUT2D eigenvalue weighted by Crippen LogP contribution is -2.04. The van der Waals surface area contributed by atoms with Gasteiger partial charge in [0.2, 0.25) is 11.8 Å². The lowest BCUT2D eigenvalue weighted by molar-refractivity contribution is -0.384. The number of benzene rings is 1. The Bertz CT molecular complexity index is 667. The minimum Gasteiger partial charge on any atom is -0.357 e.